The van der Waals surface area contributed by atoms with E-state index in [4.69, 9.17) is 11.6 Å². The number of amides is 1. The predicted octanol–water partition coefficient (Wildman–Crippen LogP) is 1.63. The van der Waals surface area contributed by atoms with Crippen molar-refractivity contribution in [2.24, 2.45) is 0 Å². The van der Waals surface area contributed by atoms with Crippen molar-refractivity contribution in [2.45, 2.75) is 6.42 Å². The van der Waals surface area contributed by atoms with Crippen LogP contribution in [0, 0.1) is 0 Å². The number of hydrogen-bond donors (Lipinski definition) is 1. The van der Waals surface area contributed by atoms with Gasteiger partial charge >= 0.3 is 0 Å². The van der Waals surface area contributed by atoms with Crippen molar-refractivity contribution in [3.05, 3.63) is 34.9 Å². The molecule has 0 aliphatic rings. The second kappa shape index (κ2) is 4.12. The normalized spacial score (nSPS) is 9.50. The number of carbonyl (C=O) groups is 1. The second-order valence-corrected chi connectivity index (χ2v) is 2.92. The molecule has 0 unspecified atom stereocenters. The van der Waals surface area contributed by atoms with Gasteiger partial charge in [-0.05, 0) is 17.7 Å². The maximum absolute atomic E-state index is 10.9. The highest BCUT2D eigenvalue weighted by atomic mass is 35.5. The molecule has 0 aliphatic heterocycles. The molecule has 1 amide bonds. The number of halogens is 1. The van der Waals surface area contributed by atoms with E-state index in [0.717, 1.165) is 5.56 Å². The predicted molar refractivity (Wildman–Crippen MR) is 49.2 cm³/mol. The van der Waals surface area contributed by atoms with Gasteiger partial charge in [0.25, 0.3) is 0 Å². The lowest BCUT2D eigenvalue weighted by Gasteiger charge is -1.99. The van der Waals surface area contributed by atoms with Gasteiger partial charge < -0.3 is 5.32 Å². The Morgan fingerprint density at radius 3 is 2.92 bits per heavy atom. The van der Waals surface area contributed by atoms with Gasteiger partial charge in [0, 0.05) is 12.1 Å². The van der Waals surface area contributed by atoms with Crippen molar-refractivity contribution in [2.75, 3.05) is 7.05 Å². The Kier molecular flexibility index (Phi) is 3.11. The van der Waals surface area contributed by atoms with E-state index >= 15 is 0 Å². The number of nitrogens with one attached hydrogen (secondary N) is 1. The zero-order chi connectivity index (χ0) is 8.97. The summed E-state index contributed by atoms with van der Waals surface area (Å²) in [6.45, 7) is 0. The summed E-state index contributed by atoms with van der Waals surface area (Å²) in [5, 5.41) is 3.21. The van der Waals surface area contributed by atoms with Crippen LogP contribution in [-0.2, 0) is 11.2 Å². The Balaban J connectivity index is 2.69. The van der Waals surface area contributed by atoms with Crippen LogP contribution >= 0.6 is 11.6 Å². The molecule has 1 N–H and O–H groups in total. The minimum absolute atomic E-state index is 0.00253. The third-order valence-electron chi connectivity index (χ3n) is 1.53. The SMILES string of the molecule is CNC(=O)Cc1cccc(Cl)c1. The Bertz CT molecular complexity index is 286. The highest BCUT2D eigenvalue weighted by Gasteiger charge is 1.99. The van der Waals surface area contributed by atoms with Gasteiger partial charge in [0.2, 0.25) is 5.91 Å². The van der Waals surface area contributed by atoms with Crippen molar-refractivity contribution >= 4 is 17.5 Å². The van der Waals surface area contributed by atoms with E-state index in [1.807, 2.05) is 12.1 Å². The Morgan fingerprint density at radius 2 is 2.33 bits per heavy atom. The number of likely N-dealkylation sites (N-methyl/N-ethyl adjacent to an activating group) is 1. The average molecular weight is 184 g/mol. The monoisotopic (exact) mass is 183 g/mol. The Hall–Kier alpha value is -1.02. The summed E-state index contributed by atoms with van der Waals surface area (Å²) < 4.78 is 0. The fraction of sp³-hybridized carbons (Fsp3) is 0.222. The minimum Gasteiger partial charge on any atom is -0.359 e. The molecule has 0 aromatic heterocycles. The summed E-state index contributed by atoms with van der Waals surface area (Å²) in [6.07, 6.45) is 0.386. The first kappa shape index (κ1) is 9.07. The number of hydrogen-bond acceptors (Lipinski definition) is 1. The first-order valence-electron chi connectivity index (χ1n) is 3.67. The lowest BCUT2D eigenvalue weighted by atomic mass is 10.1. The lowest BCUT2D eigenvalue weighted by molar-refractivity contribution is -0.119. The quantitative estimate of drug-likeness (QED) is 0.742. The fourth-order valence-electron chi connectivity index (χ4n) is 0.921. The van der Waals surface area contributed by atoms with Crippen molar-refractivity contribution in [1.29, 1.82) is 0 Å². The lowest BCUT2D eigenvalue weighted by Crippen LogP contribution is -2.19. The van der Waals surface area contributed by atoms with Gasteiger partial charge in [-0.2, -0.15) is 0 Å². The molecule has 0 atom stereocenters. The first-order valence-corrected chi connectivity index (χ1v) is 4.05. The van der Waals surface area contributed by atoms with Crippen LogP contribution < -0.4 is 5.32 Å². The van der Waals surface area contributed by atoms with Gasteiger partial charge in [-0.3, -0.25) is 4.79 Å². The molecule has 1 rings (SSSR count). The van der Waals surface area contributed by atoms with Crippen molar-refractivity contribution < 1.29 is 4.79 Å². The van der Waals surface area contributed by atoms with Crippen LogP contribution in [0.2, 0.25) is 5.02 Å². The van der Waals surface area contributed by atoms with Crippen LogP contribution in [-0.4, -0.2) is 13.0 Å². The molecule has 0 saturated carbocycles. The van der Waals surface area contributed by atoms with Gasteiger partial charge in [-0.1, -0.05) is 23.7 Å². The topological polar surface area (TPSA) is 29.1 Å². The number of benzene rings is 1. The highest BCUT2D eigenvalue weighted by Crippen LogP contribution is 2.10. The van der Waals surface area contributed by atoms with Crippen molar-refractivity contribution in [1.82, 2.24) is 5.32 Å². The van der Waals surface area contributed by atoms with Crippen LogP contribution in [0.1, 0.15) is 5.56 Å². The third kappa shape index (κ3) is 2.55. The summed E-state index contributed by atoms with van der Waals surface area (Å²) in [5.74, 6) is -0.00253. The molecule has 0 aliphatic carbocycles. The largest absolute Gasteiger partial charge is 0.359 e. The van der Waals surface area contributed by atoms with Crippen LogP contribution in [0.5, 0.6) is 0 Å². The van der Waals surface area contributed by atoms with Crippen LogP contribution in [0.3, 0.4) is 0 Å². The molecule has 2 nitrogen and oxygen atoms in total. The fourth-order valence-corrected chi connectivity index (χ4v) is 1.13. The maximum atomic E-state index is 10.9. The molecule has 0 fully saturated rings. The summed E-state index contributed by atoms with van der Waals surface area (Å²) >= 11 is 5.74. The molecule has 0 heterocycles. The van der Waals surface area contributed by atoms with E-state index in [1.165, 1.54) is 0 Å². The molecular formula is C9H10ClNO. The molecule has 0 saturated heterocycles. The van der Waals surface area contributed by atoms with Crippen molar-refractivity contribution in [3.8, 4) is 0 Å². The van der Waals surface area contributed by atoms with Crippen molar-refractivity contribution in [3.63, 3.8) is 0 Å². The Morgan fingerprint density at radius 1 is 1.58 bits per heavy atom. The van der Waals surface area contributed by atoms with Gasteiger partial charge in [0.1, 0.15) is 0 Å². The molecule has 0 radical (unpaired) electrons. The molecule has 1 aromatic carbocycles. The van der Waals surface area contributed by atoms with E-state index in [0.29, 0.717) is 11.4 Å². The van der Waals surface area contributed by atoms with E-state index < -0.39 is 0 Å². The third-order valence-corrected chi connectivity index (χ3v) is 1.77. The molecule has 0 spiro atoms. The maximum Gasteiger partial charge on any atom is 0.224 e. The zero-order valence-electron chi connectivity index (χ0n) is 6.80. The first-order chi connectivity index (χ1) is 5.72. The smallest absolute Gasteiger partial charge is 0.224 e. The zero-order valence-corrected chi connectivity index (χ0v) is 7.56. The van der Waals surface area contributed by atoms with Crippen LogP contribution in [0.15, 0.2) is 24.3 Å². The Labute approximate surface area is 76.5 Å². The summed E-state index contributed by atoms with van der Waals surface area (Å²) in [6, 6.07) is 7.29. The number of rotatable bonds is 2. The standard InChI is InChI=1S/C9H10ClNO/c1-11-9(12)6-7-3-2-4-8(10)5-7/h2-5H,6H2,1H3,(H,11,12). The van der Waals surface area contributed by atoms with Gasteiger partial charge in [-0.15, -0.1) is 0 Å². The van der Waals surface area contributed by atoms with Gasteiger partial charge in [-0.25, -0.2) is 0 Å². The second-order valence-electron chi connectivity index (χ2n) is 2.48. The molecule has 12 heavy (non-hydrogen) atoms. The van der Waals surface area contributed by atoms with E-state index in [2.05, 4.69) is 5.32 Å². The molecule has 1 aromatic rings. The summed E-state index contributed by atoms with van der Waals surface area (Å²) in [4.78, 5) is 10.9. The van der Waals surface area contributed by atoms with E-state index in [-0.39, 0.29) is 5.91 Å². The minimum atomic E-state index is -0.00253. The molecular weight excluding hydrogens is 174 g/mol. The molecule has 0 bridgehead atoms. The molecule has 64 valence electrons. The number of carbonyl (C=O) groups excluding carboxylic acids is 1. The summed E-state index contributed by atoms with van der Waals surface area (Å²) in [7, 11) is 1.62. The summed E-state index contributed by atoms with van der Waals surface area (Å²) in [5.41, 5.74) is 0.932. The van der Waals surface area contributed by atoms with Crippen LogP contribution in [0.4, 0.5) is 0 Å². The average Bonchev–Trinajstić information content (AvgIpc) is 2.04. The molecule has 3 heteroatoms. The van der Waals surface area contributed by atoms with E-state index in [1.54, 1.807) is 19.2 Å². The van der Waals surface area contributed by atoms with Gasteiger partial charge in [0.05, 0.1) is 6.42 Å². The highest BCUT2D eigenvalue weighted by molar-refractivity contribution is 6.30. The van der Waals surface area contributed by atoms with Gasteiger partial charge in [0.15, 0.2) is 0 Å². The van der Waals surface area contributed by atoms with Crippen LogP contribution in [0.25, 0.3) is 0 Å². The van der Waals surface area contributed by atoms with E-state index in [9.17, 15) is 4.79 Å².